The van der Waals surface area contributed by atoms with Gasteiger partial charge in [-0.2, -0.15) is 0 Å². The first-order chi connectivity index (χ1) is 13.9. The van der Waals surface area contributed by atoms with Gasteiger partial charge < -0.3 is 14.8 Å². The normalized spacial score (nSPS) is 12.7. The molecular weight excluding hydrogens is 392 g/mol. The summed E-state index contributed by atoms with van der Waals surface area (Å²) in [4.78, 5) is 9.12. The molecule has 3 N–H and O–H groups in total. The van der Waals surface area contributed by atoms with Crippen molar-refractivity contribution >= 4 is 21.7 Å². The van der Waals surface area contributed by atoms with Gasteiger partial charge in [-0.05, 0) is 60.4 Å². The number of aryl methyl sites for hydroxylation is 2. The molecule has 0 bridgehead atoms. The van der Waals surface area contributed by atoms with Gasteiger partial charge in [-0.15, -0.1) is 0 Å². The van der Waals surface area contributed by atoms with Gasteiger partial charge in [0, 0.05) is 17.4 Å². The number of fused-ring (bicyclic) bond motifs is 3. The van der Waals surface area contributed by atoms with Crippen LogP contribution in [0, 0.1) is 0 Å². The molecule has 9 heteroatoms. The van der Waals surface area contributed by atoms with Gasteiger partial charge >= 0.3 is 0 Å². The first-order valence-electron chi connectivity index (χ1n) is 8.90. The minimum atomic E-state index is -3.73. The molecule has 0 saturated carbocycles. The number of nitrogens with two attached hydrogens (primary N) is 1. The number of aromatic nitrogens is 2. The highest BCUT2D eigenvalue weighted by Gasteiger charge is 2.21. The minimum Gasteiger partial charge on any atom is -0.493 e. The van der Waals surface area contributed by atoms with Crippen LogP contribution in [-0.2, 0) is 22.9 Å². The molecule has 29 heavy (non-hydrogen) atoms. The summed E-state index contributed by atoms with van der Waals surface area (Å²) in [6.45, 7) is 0. The molecule has 3 aromatic rings. The quantitative estimate of drug-likeness (QED) is 0.662. The van der Waals surface area contributed by atoms with Crippen LogP contribution in [0.25, 0.3) is 11.3 Å². The van der Waals surface area contributed by atoms with Crippen molar-refractivity contribution in [2.45, 2.75) is 17.7 Å². The van der Waals surface area contributed by atoms with Crippen molar-refractivity contribution in [2.24, 2.45) is 5.14 Å². The van der Waals surface area contributed by atoms with Crippen LogP contribution in [0.15, 0.2) is 47.5 Å². The Balaban J connectivity index is 1.68. The molecule has 1 aliphatic rings. The van der Waals surface area contributed by atoms with E-state index in [-0.39, 0.29) is 4.90 Å². The average molecular weight is 412 g/mol. The summed E-state index contributed by atoms with van der Waals surface area (Å²) >= 11 is 0. The Morgan fingerprint density at radius 1 is 1.00 bits per heavy atom. The highest BCUT2D eigenvalue weighted by atomic mass is 32.2. The van der Waals surface area contributed by atoms with E-state index in [1.54, 1.807) is 26.4 Å². The van der Waals surface area contributed by atoms with E-state index in [2.05, 4.69) is 10.3 Å². The molecule has 0 saturated heterocycles. The van der Waals surface area contributed by atoms with Crippen LogP contribution in [-0.4, -0.2) is 32.6 Å². The summed E-state index contributed by atoms with van der Waals surface area (Å²) in [7, 11) is -0.511. The number of nitrogens with zero attached hydrogens (tertiary/aromatic N) is 2. The van der Waals surface area contributed by atoms with Crippen LogP contribution in [0.2, 0.25) is 0 Å². The molecular formula is C20H20N4O4S. The highest BCUT2D eigenvalue weighted by molar-refractivity contribution is 7.89. The van der Waals surface area contributed by atoms with Crippen molar-refractivity contribution < 1.29 is 17.9 Å². The number of methoxy groups -OCH3 is 2. The first kappa shape index (κ1) is 19.2. The molecule has 0 fully saturated rings. The molecule has 1 heterocycles. The number of primary sulfonamides is 1. The summed E-state index contributed by atoms with van der Waals surface area (Å²) in [6.07, 6.45) is 3.51. The fraction of sp³-hybridized carbons (Fsp3) is 0.200. The molecule has 0 radical (unpaired) electrons. The Bertz CT molecular complexity index is 1180. The lowest BCUT2D eigenvalue weighted by Crippen LogP contribution is -2.12. The van der Waals surface area contributed by atoms with E-state index in [1.165, 1.54) is 12.1 Å². The molecule has 2 aromatic carbocycles. The lowest BCUT2D eigenvalue weighted by atomic mass is 9.89. The number of nitrogens with one attached hydrogen (secondary N) is 1. The topological polar surface area (TPSA) is 116 Å². The summed E-state index contributed by atoms with van der Waals surface area (Å²) in [5.41, 5.74) is 4.67. The Morgan fingerprint density at radius 2 is 1.66 bits per heavy atom. The molecule has 0 amide bonds. The van der Waals surface area contributed by atoms with Crippen LogP contribution in [0.3, 0.4) is 0 Å². The smallest absolute Gasteiger partial charge is 0.238 e. The van der Waals surface area contributed by atoms with Crippen LogP contribution < -0.4 is 19.9 Å². The number of anilines is 2. The maximum Gasteiger partial charge on any atom is 0.238 e. The second kappa shape index (κ2) is 7.34. The van der Waals surface area contributed by atoms with Gasteiger partial charge in [0.25, 0.3) is 0 Å². The van der Waals surface area contributed by atoms with E-state index in [0.717, 1.165) is 35.2 Å². The van der Waals surface area contributed by atoms with Crippen molar-refractivity contribution in [3.05, 3.63) is 53.7 Å². The Hall–Kier alpha value is -3.17. The van der Waals surface area contributed by atoms with Gasteiger partial charge in [0.05, 0.1) is 24.8 Å². The SMILES string of the molecule is COc1cc2c(cc1OC)-c1nc(Nc3ccc(S(N)(=O)=O)cc3)ncc1CC2. The third kappa shape index (κ3) is 3.74. The number of hydrogen-bond donors (Lipinski definition) is 2. The predicted octanol–water partition coefficient (Wildman–Crippen LogP) is 2.65. The Kier molecular flexibility index (Phi) is 4.85. The zero-order valence-electron chi connectivity index (χ0n) is 16.0. The van der Waals surface area contributed by atoms with Crippen molar-refractivity contribution in [3.63, 3.8) is 0 Å². The summed E-state index contributed by atoms with van der Waals surface area (Å²) in [5, 5.41) is 8.23. The summed E-state index contributed by atoms with van der Waals surface area (Å²) < 4.78 is 33.6. The second-order valence-corrected chi connectivity index (χ2v) is 8.19. The van der Waals surface area contributed by atoms with Crippen molar-refractivity contribution in [1.29, 1.82) is 0 Å². The van der Waals surface area contributed by atoms with Crippen LogP contribution in [0.1, 0.15) is 11.1 Å². The lowest BCUT2D eigenvalue weighted by molar-refractivity contribution is 0.354. The van der Waals surface area contributed by atoms with E-state index < -0.39 is 10.0 Å². The van der Waals surface area contributed by atoms with Crippen LogP contribution >= 0.6 is 0 Å². The Labute approximate surface area is 168 Å². The van der Waals surface area contributed by atoms with E-state index >= 15 is 0 Å². The van der Waals surface area contributed by atoms with E-state index in [9.17, 15) is 8.42 Å². The number of benzene rings is 2. The maximum absolute atomic E-state index is 11.4. The van der Waals surface area contributed by atoms with Gasteiger partial charge in [-0.3, -0.25) is 0 Å². The minimum absolute atomic E-state index is 0.0457. The summed E-state index contributed by atoms with van der Waals surface area (Å²) in [6, 6.07) is 10.0. The molecule has 0 atom stereocenters. The number of rotatable bonds is 5. The van der Waals surface area contributed by atoms with Gasteiger partial charge in [-0.1, -0.05) is 0 Å². The zero-order chi connectivity index (χ0) is 20.6. The highest BCUT2D eigenvalue weighted by Crippen LogP contribution is 2.39. The number of hydrogen-bond acceptors (Lipinski definition) is 7. The molecule has 1 aromatic heterocycles. The standard InChI is InChI=1S/C20H20N4O4S/c1-27-17-9-12-3-4-13-11-22-20(24-19(13)16(12)10-18(17)28-2)23-14-5-7-15(8-6-14)29(21,25)26/h5-11H,3-4H2,1-2H3,(H2,21,25,26)(H,22,23,24). The zero-order valence-corrected chi connectivity index (χ0v) is 16.8. The third-order valence-electron chi connectivity index (χ3n) is 4.83. The van der Waals surface area contributed by atoms with E-state index in [4.69, 9.17) is 19.6 Å². The van der Waals surface area contributed by atoms with E-state index in [1.807, 2.05) is 18.3 Å². The lowest BCUT2D eigenvalue weighted by Gasteiger charge is -2.21. The van der Waals surface area contributed by atoms with Gasteiger partial charge in [-0.25, -0.2) is 23.5 Å². The molecule has 0 aliphatic heterocycles. The molecule has 0 spiro atoms. The third-order valence-corrected chi connectivity index (χ3v) is 5.76. The van der Waals surface area contributed by atoms with Crippen LogP contribution in [0.4, 0.5) is 11.6 Å². The monoisotopic (exact) mass is 412 g/mol. The fourth-order valence-electron chi connectivity index (χ4n) is 3.36. The number of sulfonamides is 1. The van der Waals surface area contributed by atoms with Crippen molar-refractivity contribution in [3.8, 4) is 22.8 Å². The molecule has 150 valence electrons. The largest absolute Gasteiger partial charge is 0.493 e. The molecule has 1 aliphatic carbocycles. The predicted molar refractivity (Wildman–Crippen MR) is 109 cm³/mol. The maximum atomic E-state index is 11.4. The van der Waals surface area contributed by atoms with Crippen LogP contribution in [0.5, 0.6) is 11.5 Å². The van der Waals surface area contributed by atoms with Gasteiger partial charge in [0.15, 0.2) is 11.5 Å². The fourth-order valence-corrected chi connectivity index (χ4v) is 3.87. The summed E-state index contributed by atoms with van der Waals surface area (Å²) in [5.74, 6) is 1.75. The number of ether oxygens (including phenoxy) is 2. The second-order valence-electron chi connectivity index (χ2n) is 6.63. The average Bonchev–Trinajstić information content (AvgIpc) is 2.72. The van der Waals surface area contributed by atoms with Crippen molar-refractivity contribution in [2.75, 3.05) is 19.5 Å². The molecule has 0 unspecified atom stereocenters. The van der Waals surface area contributed by atoms with Gasteiger partial charge in [0.1, 0.15) is 0 Å². The molecule has 4 rings (SSSR count). The van der Waals surface area contributed by atoms with E-state index in [0.29, 0.717) is 23.1 Å². The Morgan fingerprint density at radius 3 is 2.31 bits per heavy atom. The molecule has 8 nitrogen and oxygen atoms in total. The van der Waals surface area contributed by atoms with Crippen molar-refractivity contribution in [1.82, 2.24) is 9.97 Å². The first-order valence-corrected chi connectivity index (χ1v) is 10.4. The van der Waals surface area contributed by atoms with Gasteiger partial charge in [0.2, 0.25) is 16.0 Å².